The molecule has 1 saturated carbocycles. The van der Waals surface area contributed by atoms with Crippen LogP contribution in [0.4, 0.5) is 0 Å². The molecule has 1 aromatic rings. The summed E-state index contributed by atoms with van der Waals surface area (Å²) in [5.41, 5.74) is 7.58. The molecule has 2 rings (SSSR count). The molecule has 3 heteroatoms. The third kappa shape index (κ3) is 3.79. The third-order valence-corrected chi connectivity index (χ3v) is 4.06. The summed E-state index contributed by atoms with van der Waals surface area (Å²) in [6, 6.07) is 4.61. The molecule has 0 saturated heterocycles. The molecule has 1 fully saturated rings. The van der Waals surface area contributed by atoms with Crippen molar-refractivity contribution in [1.82, 2.24) is 9.88 Å². The quantitative estimate of drug-likeness (QED) is 0.869. The van der Waals surface area contributed by atoms with Crippen LogP contribution in [0.5, 0.6) is 0 Å². The number of nitrogens with zero attached hydrogens (tertiary/aromatic N) is 2. The van der Waals surface area contributed by atoms with E-state index in [0.717, 1.165) is 19.6 Å². The van der Waals surface area contributed by atoms with E-state index in [-0.39, 0.29) is 0 Å². The van der Waals surface area contributed by atoms with E-state index in [4.69, 9.17) is 5.73 Å². The summed E-state index contributed by atoms with van der Waals surface area (Å²) in [4.78, 5) is 6.57. The normalized spacial score (nSPS) is 24.4. The molecule has 0 spiro atoms. The van der Waals surface area contributed by atoms with Crippen LogP contribution in [-0.2, 0) is 6.54 Å². The number of hydrogen-bond acceptors (Lipinski definition) is 3. The van der Waals surface area contributed by atoms with Crippen molar-refractivity contribution in [2.45, 2.75) is 45.2 Å². The molecule has 1 heterocycles. The van der Waals surface area contributed by atoms with E-state index >= 15 is 0 Å². The standard InChI is InChI=1S/C15H25N3/c1-2-18(11-13-7-9-17-10-8-13)12-14-5-3-4-6-15(14)16/h7-10,14-15H,2-6,11-12,16H2,1H3. The Morgan fingerprint density at radius 1 is 1.28 bits per heavy atom. The maximum Gasteiger partial charge on any atom is 0.0271 e. The summed E-state index contributed by atoms with van der Waals surface area (Å²) in [6.07, 6.45) is 8.91. The lowest BCUT2D eigenvalue weighted by molar-refractivity contribution is 0.184. The Hall–Kier alpha value is -0.930. The highest BCUT2D eigenvalue weighted by molar-refractivity contribution is 5.09. The maximum absolute atomic E-state index is 6.24. The van der Waals surface area contributed by atoms with Gasteiger partial charge in [-0.3, -0.25) is 9.88 Å². The van der Waals surface area contributed by atoms with E-state index in [9.17, 15) is 0 Å². The molecule has 0 aromatic carbocycles. The zero-order valence-corrected chi connectivity index (χ0v) is 11.4. The lowest BCUT2D eigenvalue weighted by Gasteiger charge is -2.33. The van der Waals surface area contributed by atoms with E-state index in [1.807, 2.05) is 12.4 Å². The SMILES string of the molecule is CCN(Cc1ccncc1)CC1CCCCC1N. The summed E-state index contributed by atoms with van der Waals surface area (Å²) in [7, 11) is 0. The predicted octanol–water partition coefficient (Wildman–Crippen LogP) is 2.42. The van der Waals surface area contributed by atoms with Crippen LogP contribution in [0.2, 0.25) is 0 Å². The molecule has 2 atom stereocenters. The minimum atomic E-state index is 0.408. The van der Waals surface area contributed by atoms with Gasteiger partial charge >= 0.3 is 0 Å². The minimum Gasteiger partial charge on any atom is -0.327 e. The zero-order valence-electron chi connectivity index (χ0n) is 11.4. The molecular formula is C15H25N3. The van der Waals surface area contributed by atoms with Gasteiger partial charge in [-0.15, -0.1) is 0 Å². The smallest absolute Gasteiger partial charge is 0.0271 e. The largest absolute Gasteiger partial charge is 0.327 e. The van der Waals surface area contributed by atoms with Crippen molar-refractivity contribution in [3.8, 4) is 0 Å². The Balaban J connectivity index is 1.88. The molecule has 0 bridgehead atoms. The first-order chi connectivity index (χ1) is 8.79. The van der Waals surface area contributed by atoms with Crippen LogP contribution in [0.15, 0.2) is 24.5 Å². The van der Waals surface area contributed by atoms with E-state index < -0.39 is 0 Å². The molecule has 0 aliphatic heterocycles. The first-order valence-electron chi connectivity index (χ1n) is 7.16. The van der Waals surface area contributed by atoms with E-state index in [2.05, 4.69) is 28.9 Å². The van der Waals surface area contributed by atoms with E-state index in [1.54, 1.807) is 0 Å². The Bertz CT molecular complexity index is 339. The summed E-state index contributed by atoms with van der Waals surface area (Å²) >= 11 is 0. The second-order valence-corrected chi connectivity index (χ2v) is 5.39. The molecular weight excluding hydrogens is 222 g/mol. The molecule has 18 heavy (non-hydrogen) atoms. The number of nitrogens with two attached hydrogens (primary N) is 1. The third-order valence-electron chi connectivity index (χ3n) is 4.06. The van der Waals surface area contributed by atoms with Crippen LogP contribution in [0.3, 0.4) is 0 Å². The fourth-order valence-corrected chi connectivity index (χ4v) is 2.85. The van der Waals surface area contributed by atoms with Crippen molar-refractivity contribution in [3.05, 3.63) is 30.1 Å². The summed E-state index contributed by atoms with van der Waals surface area (Å²) in [5.74, 6) is 0.681. The van der Waals surface area contributed by atoms with Crippen molar-refractivity contribution in [1.29, 1.82) is 0 Å². The fourth-order valence-electron chi connectivity index (χ4n) is 2.85. The van der Waals surface area contributed by atoms with Crippen LogP contribution in [0.25, 0.3) is 0 Å². The monoisotopic (exact) mass is 247 g/mol. The molecule has 100 valence electrons. The molecule has 3 nitrogen and oxygen atoms in total. The Labute approximate surface area is 110 Å². The Morgan fingerprint density at radius 2 is 2.00 bits per heavy atom. The van der Waals surface area contributed by atoms with Crippen molar-refractivity contribution < 1.29 is 0 Å². The van der Waals surface area contributed by atoms with Crippen LogP contribution >= 0.6 is 0 Å². The minimum absolute atomic E-state index is 0.408. The number of rotatable bonds is 5. The lowest BCUT2D eigenvalue weighted by Crippen LogP contribution is -2.41. The predicted molar refractivity (Wildman–Crippen MR) is 75.1 cm³/mol. The van der Waals surface area contributed by atoms with Crippen LogP contribution in [0, 0.1) is 5.92 Å². The molecule has 0 radical (unpaired) electrons. The average molecular weight is 247 g/mol. The Morgan fingerprint density at radius 3 is 2.67 bits per heavy atom. The van der Waals surface area contributed by atoms with Gasteiger partial charge in [0.15, 0.2) is 0 Å². The van der Waals surface area contributed by atoms with Gasteiger partial charge < -0.3 is 5.73 Å². The molecule has 0 amide bonds. The molecule has 2 unspecified atom stereocenters. The fraction of sp³-hybridized carbons (Fsp3) is 0.667. The highest BCUT2D eigenvalue weighted by atomic mass is 15.1. The molecule has 1 aliphatic rings. The van der Waals surface area contributed by atoms with Crippen molar-refractivity contribution in [2.24, 2.45) is 11.7 Å². The van der Waals surface area contributed by atoms with Gasteiger partial charge in [-0.25, -0.2) is 0 Å². The van der Waals surface area contributed by atoms with Gasteiger partial charge in [0.1, 0.15) is 0 Å². The van der Waals surface area contributed by atoms with E-state index in [1.165, 1.54) is 31.2 Å². The molecule has 1 aliphatic carbocycles. The topological polar surface area (TPSA) is 42.2 Å². The number of pyridine rings is 1. The lowest BCUT2D eigenvalue weighted by atomic mass is 9.84. The van der Waals surface area contributed by atoms with Crippen molar-refractivity contribution in [2.75, 3.05) is 13.1 Å². The van der Waals surface area contributed by atoms with E-state index in [0.29, 0.717) is 12.0 Å². The number of aromatic nitrogens is 1. The highest BCUT2D eigenvalue weighted by Crippen LogP contribution is 2.24. The second kappa shape index (κ2) is 6.86. The zero-order chi connectivity index (χ0) is 12.8. The summed E-state index contributed by atoms with van der Waals surface area (Å²) in [5, 5.41) is 0. The van der Waals surface area contributed by atoms with Gasteiger partial charge in [-0.2, -0.15) is 0 Å². The summed E-state index contributed by atoms with van der Waals surface area (Å²) < 4.78 is 0. The van der Waals surface area contributed by atoms with Gasteiger partial charge in [-0.05, 0) is 43.0 Å². The van der Waals surface area contributed by atoms with Gasteiger partial charge in [-0.1, -0.05) is 19.8 Å². The summed E-state index contributed by atoms with van der Waals surface area (Å²) in [6.45, 7) is 5.48. The molecule has 1 aromatic heterocycles. The van der Waals surface area contributed by atoms with Crippen molar-refractivity contribution in [3.63, 3.8) is 0 Å². The Kier molecular flexibility index (Phi) is 5.14. The van der Waals surface area contributed by atoms with Gasteiger partial charge in [0.05, 0.1) is 0 Å². The second-order valence-electron chi connectivity index (χ2n) is 5.39. The van der Waals surface area contributed by atoms with Crippen LogP contribution in [-0.4, -0.2) is 29.0 Å². The highest BCUT2D eigenvalue weighted by Gasteiger charge is 2.23. The van der Waals surface area contributed by atoms with Crippen molar-refractivity contribution >= 4 is 0 Å². The van der Waals surface area contributed by atoms with Crippen LogP contribution < -0.4 is 5.73 Å². The number of hydrogen-bond donors (Lipinski definition) is 1. The first kappa shape index (κ1) is 13.5. The molecule has 2 N–H and O–H groups in total. The van der Waals surface area contributed by atoms with Gasteiger partial charge in [0.2, 0.25) is 0 Å². The van der Waals surface area contributed by atoms with Gasteiger partial charge in [0, 0.05) is 31.5 Å². The first-order valence-corrected chi connectivity index (χ1v) is 7.16. The van der Waals surface area contributed by atoms with Gasteiger partial charge in [0.25, 0.3) is 0 Å². The van der Waals surface area contributed by atoms with Crippen LogP contribution in [0.1, 0.15) is 38.2 Å². The average Bonchev–Trinajstić information content (AvgIpc) is 2.41. The maximum atomic E-state index is 6.24.